The lowest BCUT2D eigenvalue weighted by molar-refractivity contribution is -0.00518. The molecule has 4 bridgehead atoms. The summed E-state index contributed by atoms with van der Waals surface area (Å²) >= 11 is 0. The molecule has 8 aromatic carbocycles. The van der Waals surface area contributed by atoms with Gasteiger partial charge in [-0.1, -0.05) is 133 Å². The van der Waals surface area contributed by atoms with Crippen molar-refractivity contribution in [2.24, 2.45) is 17.8 Å². The fraction of sp³-hybridized carbons (Fsp3) is 0.161. The lowest BCUT2D eigenvalue weighted by Crippen LogP contribution is -2.48. The third-order valence-corrected chi connectivity index (χ3v) is 15.7. The average molecular weight is 875 g/mol. The van der Waals surface area contributed by atoms with E-state index >= 15 is 0 Å². The predicted molar refractivity (Wildman–Crippen MR) is 276 cm³/mol. The molecular formula is C62H46N6. The molecule has 3 heterocycles. The maximum Gasteiger partial charge on any atom is 0.188 e. The van der Waals surface area contributed by atoms with Crippen LogP contribution < -0.4 is 0 Å². The Hall–Kier alpha value is -8.14. The minimum atomic E-state index is 0.388. The van der Waals surface area contributed by atoms with Crippen LogP contribution in [0, 0.1) is 24.3 Å². The van der Waals surface area contributed by atoms with Gasteiger partial charge >= 0.3 is 0 Å². The second-order valence-corrected chi connectivity index (χ2v) is 19.8. The van der Waals surface area contributed by atoms with Crippen LogP contribution in [0.4, 0.5) is 5.69 Å². The van der Waals surface area contributed by atoms with E-state index in [1.165, 1.54) is 49.7 Å². The molecule has 4 aliphatic rings. The van der Waals surface area contributed by atoms with Crippen molar-refractivity contribution in [1.82, 2.24) is 24.1 Å². The largest absolute Gasteiger partial charge is 0.309 e. The summed E-state index contributed by atoms with van der Waals surface area (Å²) < 4.78 is 4.67. The molecule has 6 heteroatoms. The summed E-state index contributed by atoms with van der Waals surface area (Å²) in [6.07, 6.45) is 8.54. The zero-order valence-corrected chi connectivity index (χ0v) is 37.6. The summed E-state index contributed by atoms with van der Waals surface area (Å²) in [6, 6.07) is 66.9. The van der Waals surface area contributed by atoms with Crippen molar-refractivity contribution in [2.45, 2.75) is 43.9 Å². The van der Waals surface area contributed by atoms with Gasteiger partial charge in [0.15, 0.2) is 23.2 Å². The molecule has 68 heavy (non-hydrogen) atoms. The topological polar surface area (TPSA) is 52.9 Å². The zero-order valence-electron chi connectivity index (χ0n) is 37.6. The van der Waals surface area contributed by atoms with Gasteiger partial charge in [0.05, 0.1) is 28.6 Å². The van der Waals surface area contributed by atoms with E-state index in [1.807, 2.05) is 36.4 Å². The summed E-state index contributed by atoms with van der Waals surface area (Å²) in [4.78, 5) is 19.6. The first-order valence-corrected chi connectivity index (χ1v) is 24.1. The van der Waals surface area contributed by atoms with Gasteiger partial charge in [-0.05, 0) is 138 Å². The van der Waals surface area contributed by atoms with E-state index in [2.05, 4.69) is 166 Å². The van der Waals surface area contributed by atoms with Crippen molar-refractivity contribution in [3.8, 4) is 56.7 Å². The van der Waals surface area contributed by atoms with E-state index < -0.39 is 0 Å². The Morgan fingerprint density at radius 3 is 1.79 bits per heavy atom. The first kappa shape index (κ1) is 39.1. The monoisotopic (exact) mass is 874 g/mol. The standard InChI is InChI=1S/C62H46N6/c1-63-47-27-29-55-53(35-47)50-28-24-45(34-57(50)67(55)48-15-6-3-7-16-48)60-64-59(43-12-4-2-5-13-43)65-61(66-60)52-19-11-21-56-58(52)51-18-8-9-20-54(51)68(56)49-17-10-14-44(33-49)42-22-25-46(26-23-42)62-36-39-30-40(37-62)32-41(31-39)38-62/h2-29,33-35,39-41H,30-32,36-38H2. The summed E-state index contributed by atoms with van der Waals surface area (Å²) in [6.45, 7) is 7.76. The summed E-state index contributed by atoms with van der Waals surface area (Å²) in [5, 5.41) is 4.33. The van der Waals surface area contributed by atoms with Gasteiger partial charge in [0.25, 0.3) is 0 Å². The Kier molecular flexibility index (Phi) is 8.73. The molecule has 0 radical (unpaired) electrons. The fourth-order valence-electron chi connectivity index (χ4n) is 13.2. The zero-order chi connectivity index (χ0) is 44.9. The van der Waals surface area contributed by atoms with Gasteiger partial charge < -0.3 is 9.13 Å². The predicted octanol–water partition coefficient (Wildman–Crippen LogP) is 15.8. The summed E-state index contributed by atoms with van der Waals surface area (Å²) in [7, 11) is 0. The molecule has 0 aliphatic heterocycles. The number of hydrogen-bond acceptors (Lipinski definition) is 3. The number of aromatic nitrogens is 5. The lowest BCUT2D eigenvalue weighted by Gasteiger charge is -2.57. The van der Waals surface area contributed by atoms with Gasteiger partial charge in [0.2, 0.25) is 0 Å². The highest BCUT2D eigenvalue weighted by atomic mass is 15.0. The molecule has 11 aromatic rings. The van der Waals surface area contributed by atoms with E-state index in [4.69, 9.17) is 21.5 Å². The Morgan fingerprint density at radius 2 is 1.03 bits per heavy atom. The van der Waals surface area contributed by atoms with E-state index in [0.717, 1.165) is 89.4 Å². The number of para-hydroxylation sites is 2. The summed E-state index contributed by atoms with van der Waals surface area (Å²) in [5.74, 6) is 4.60. The van der Waals surface area contributed by atoms with Crippen LogP contribution in [0.5, 0.6) is 0 Å². The van der Waals surface area contributed by atoms with E-state index in [-0.39, 0.29) is 0 Å². The quantitative estimate of drug-likeness (QED) is 0.150. The van der Waals surface area contributed by atoms with Crippen molar-refractivity contribution in [2.75, 3.05) is 0 Å². The van der Waals surface area contributed by atoms with Crippen LogP contribution >= 0.6 is 0 Å². The Bertz CT molecular complexity index is 3800. The van der Waals surface area contributed by atoms with Crippen molar-refractivity contribution in [3.05, 3.63) is 205 Å². The van der Waals surface area contributed by atoms with Gasteiger partial charge in [-0.15, -0.1) is 0 Å². The fourth-order valence-corrected chi connectivity index (χ4v) is 13.2. The van der Waals surface area contributed by atoms with Crippen LogP contribution in [0.1, 0.15) is 44.1 Å². The van der Waals surface area contributed by atoms with E-state index in [1.54, 1.807) is 5.56 Å². The first-order valence-electron chi connectivity index (χ1n) is 24.1. The Morgan fingerprint density at radius 1 is 0.426 bits per heavy atom. The molecule has 4 aliphatic carbocycles. The molecule has 0 unspecified atom stereocenters. The van der Waals surface area contributed by atoms with Gasteiger partial charge in [0, 0.05) is 44.2 Å². The van der Waals surface area contributed by atoms with Crippen LogP contribution in [0.3, 0.4) is 0 Å². The van der Waals surface area contributed by atoms with Crippen molar-refractivity contribution in [1.29, 1.82) is 0 Å². The van der Waals surface area contributed by atoms with Crippen molar-refractivity contribution < 1.29 is 0 Å². The number of hydrogen-bond donors (Lipinski definition) is 0. The highest BCUT2D eigenvalue weighted by Gasteiger charge is 2.51. The molecule has 6 nitrogen and oxygen atoms in total. The highest BCUT2D eigenvalue weighted by Crippen LogP contribution is 2.61. The number of benzene rings is 8. The molecule has 0 atom stereocenters. The minimum Gasteiger partial charge on any atom is -0.309 e. The molecule has 0 spiro atoms. The molecule has 0 amide bonds. The highest BCUT2D eigenvalue weighted by molar-refractivity contribution is 6.15. The Balaban J connectivity index is 0.908. The van der Waals surface area contributed by atoms with Crippen LogP contribution in [0.15, 0.2) is 188 Å². The maximum absolute atomic E-state index is 7.76. The minimum absolute atomic E-state index is 0.388. The third kappa shape index (κ3) is 6.19. The maximum atomic E-state index is 7.76. The lowest BCUT2D eigenvalue weighted by atomic mass is 9.48. The average Bonchev–Trinajstić information content (AvgIpc) is 3.91. The molecular weight excluding hydrogens is 829 g/mol. The molecule has 4 fully saturated rings. The van der Waals surface area contributed by atoms with E-state index in [9.17, 15) is 0 Å². The second kappa shape index (κ2) is 15.2. The van der Waals surface area contributed by atoms with Crippen LogP contribution in [0.25, 0.3) is 105 Å². The molecule has 3 aromatic heterocycles. The van der Waals surface area contributed by atoms with Crippen LogP contribution in [0.2, 0.25) is 0 Å². The number of rotatable bonds is 7. The molecule has 324 valence electrons. The summed E-state index contributed by atoms with van der Waals surface area (Å²) in [5.41, 5.74) is 14.2. The SMILES string of the molecule is [C-]#[N+]c1ccc2c(c1)c1ccc(-c3nc(-c4ccccc4)nc(-c4cccc5c4c4ccccc4n5-c4cccc(-c5ccc(C67CC8CC(CC(C8)C6)C7)cc5)c4)n3)cc1n2-c1ccccc1. The Labute approximate surface area is 395 Å². The van der Waals surface area contributed by atoms with E-state index in [0.29, 0.717) is 28.6 Å². The van der Waals surface area contributed by atoms with Gasteiger partial charge in [0.1, 0.15) is 0 Å². The van der Waals surface area contributed by atoms with Crippen molar-refractivity contribution in [3.63, 3.8) is 0 Å². The number of nitrogens with zero attached hydrogens (tertiary/aromatic N) is 6. The molecule has 0 saturated heterocycles. The molecule has 0 N–H and O–H groups in total. The smallest absolute Gasteiger partial charge is 0.188 e. The third-order valence-electron chi connectivity index (χ3n) is 15.7. The van der Waals surface area contributed by atoms with Crippen molar-refractivity contribution >= 4 is 49.3 Å². The van der Waals surface area contributed by atoms with Crippen LogP contribution in [-0.2, 0) is 5.41 Å². The van der Waals surface area contributed by atoms with Gasteiger partial charge in [-0.3, -0.25) is 0 Å². The van der Waals surface area contributed by atoms with Gasteiger partial charge in [-0.2, -0.15) is 0 Å². The van der Waals surface area contributed by atoms with Gasteiger partial charge in [-0.25, -0.2) is 19.8 Å². The molecule has 4 saturated carbocycles. The second-order valence-electron chi connectivity index (χ2n) is 19.8. The molecule has 15 rings (SSSR count). The van der Waals surface area contributed by atoms with Crippen LogP contribution in [-0.4, -0.2) is 24.1 Å². The number of fused-ring (bicyclic) bond motifs is 6. The first-order chi connectivity index (χ1) is 33.6. The normalized spacial score (nSPS) is 19.6.